The second kappa shape index (κ2) is 2.49. The van der Waals surface area contributed by atoms with Gasteiger partial charge in [0.15, 0.2) is 0 Å². The zero-order valence-corrected chi connectivity index (χ0v) is 5.21. The van der Waals surface area contributed by atoms with Gasteiger partial charge in [0, 0.05) is 13.1 Å². The summed E-state index contributed by atoms with van der Waals surface area (Å²) in [5.41, 5.74) is 0. The summed E-state index contributed by atoms with van der Waals surface area (Å²) in [7, 11) is 0. The highest BCUT2D eigenvalue weighted by molar-refractivity contribution is 5.87. The van der Waals surface area contributed by atoms with Gasteiger partial charge in [-0.1, -0.05) is 18.7 Å². The van der Waals surface area contributed by atoms with E-state index in [2.05, 4.69) is 6.58 Å². The third kappa shape index (κ3) is 1.19. The van der Waals surface area contributed by atoms with E-state index < -0.39 is 0 Å². The van der Waals surface area contributed by atoms with E-state index in [0.717, 1.165) is 13.1 Å². The van der Waals surface area contributed by atoms with Crippen LogP contribution in [0.4, 0.5) is 0 Å². The van der Waals surface area contributed by atoms with E-state index in [1.165, 1.54) is 6.08 Å². The fraction of sp³-hybridized carbons (Fsp3) is 0.286. The average molecular weight is 123 g/mol. The Morgan fingerprint density at radius 2 is 2.11 bits per heavy atom. The number of nitrogens with zero attached hydrogens (tertiary/aromatic N) is 1. The highest BCUT2D eigenvalue weighted by Crippen LogP contribution is 1.98. The fourth-order valence-electron chi connectivity index (χ4n) is 0.787. The lowest BCUT2D eigenvalue weighted by Crippen LogP contribution is -2.25. The summed E-state index contributed by atoms with van der Waals surface area (Å²) in [4.78, 5) is 12.5. The van der Waals surface area contributed by atoms with Gasteiger partial charge in [-0.25, -0.2) is 0 Å². The van der Waals surface area contributed by atoms with Crippen LogP contribution in [0.1, 0.15) is 0 Å². The standard InChI is InChI=1S/C7H9NO/c1-2-7(9)8-5-3-4-6-8/h2-4H,1,5-6H2. The van der Waals surface area contributed by atoms with E-state index in [-0.39, 0.29) is 5.91 Å². The zero-order chi connectivity index (χ0) is 6.69. The number of carbonyl (C=O) groups is 1. The second-order valence-corrected chi connectivity index (χ2v) is 1.92. The fourth-order valence-corrected chi connectivity index (χ4v) is 0.787. The van der Waals surface area contributed by atoms with Crippen molar-refractivity contribution in [1.29, 1.82) is 0 Å². The Labute approximate surface area is 54.5 Å². The lowest BCUT2D eigenvalue weighted by molar-refractivity contribution is -0.124. The lowest BCUT2D eigenvalue weighted by Gasteiger charge is -2.10. The van der Waals surface area contributed by atoms with Crippen molar-refractivity contribution in [3.05, 3.63) is 24.8 Å². The van der Waals surface area contributed by atoms with Crippen LogP contribution in [0.25, 0.3) is 0 Å². The van der Waals surface area contributed by atoms with Gasteiger partial charge in [-0.2, -0.15) is 0 Å². The van der Waals surface area contributed by atoms with Crippen LogP contribution >= 0.6 is 0 Å². The van der Waals surface area contributed by atoms with Gasteiger partial charge in [0.1, 0.15) is 0 Å². The van der Waals surface area contributed by atoms with Crippen molar-refractivity contribution in [2.75, 3.05) is 13.1 Å². The Bertz CT molecular complexity index is 152. The van der Waals surface area contributed by atoms with Gasteiger partial charge >= 0.3 is 0 Å². The summed E-state index contributed by atoms with van der Waals surface area (Å²) in [6, 6.07) is 0. The van der Waals surface area contributed by atoms with Gasteiger partial charge in [-0.3, -0.25) is 4.79 Å². The van der Waals surface area contributed by atoms with Crippen molar-refractivity contribution in [2.24, 2.45) is 0 Å². The summed E-state index contributed by atoms with van der Waals surface area (Å²) in [6.07, 6.45) is 5.29. The maximum Gasteiger partial charge on any atom is 0.246 e. The largest absolute Gasteiger partial charge is 0.332 e. The Hall–Kier alpha value is -1.05. The first-order chi connectivity index (χ1) is 4.34. The minimum atomic E-state index is 0.0139. The first-order valence-corrected chi connectivity index (χ1v) is 2.91. The highest BCUT2D eigenvalue weighted by Gasteiger charge is 2.08. The van der Waals surface area contributed by atoms with Crippen LogP contribution in [0.2, 0.25) is 0 Å². The molecule has 1 rings (SSSR count). The Kier molecular flexibility index (Phi) is 1.68. The van der Waals surface area contributed by atoms with Crippen LogP contribution in [0.5, 0.6) is 0 Å². The quantitative estimate of drug-likeness (QED) is 0.369. The number of hydrogen-bond acceptors (Lipinski definition) is 1. The normalized spacial score (nSPS) is 16.2. The minimum absolute atomic E-state index is 0.0139. The number of rotatable bonds is 1. The van der Waals surface area contributed by atoms with E-state index >= 15 is 0 Å². The summed E-state index contributed by atoms with van der Waals surface area (Å²) in [5, 5.41) is 0. The van der Waals surface area contributed by atoms with Crippen LogP contribution in [0.15, 0.2) is 24.8 Å². The predicted octanol–water partition coefficient (Wildman–Crippen LogP) is 0.571. The molecular weight excluding hydrogens is 114 g/mol. The summed E-state index contributed by atoms with van der Waals surface area (Å²) >= 11 is 0. The van der Waals surface area contributed by atoms with Crippen molar-refractivity contribution >= 4 is 5.91 Å². The van der Waals surface area contributed by atoms with Gasteiger partial charge in [0.2, 0.25) is 5.91 Å². The molecule has 1 amide bonds. The van der Waals surface area contributed by atoms with Crippen molar-refractivity contribution in [2.45, 2.75) is 0 Å². The van der Waals surface area contributed by atoms with Gasteiger partial charge in [0.05, 0.1) is 0 Å². The van der Waals surface area contributed by atoms with E-state index in [1.807, 2.05) is 12.2 Å². The SMILES string of the molecule is C=CC(=O)N1CC=CC1. The number of hydrogen-bond donors (Lipinski definition) is 0. The molecule has 1 aliphatic rings. The van der Waals surface area contributed by atoms with Crippen LogP contribution in [-0.2, 0) is 4.79 Å². The van der Waals surface area contributed by atoms with E-state index in [9.17, 15) is 4.79 Å². The van der Waals surface area contributed by atoms with Gasteiger partial charge in [-0.05, 0) is 6.08 Å². The van der Waals surface area contributed by atoms with Crippen LogP contribution < -0.4 is 0 Å². The molecule has 1 heterocycles. The molecule has 0 radical (unpaired) electrons. The van der Waals surface area contributed by atoms with Crippen LogP contribution in [0, 0.1) is 0 Å². The van der Waals surface area contributed by atoms with E-state index in [4.69, 9.17) is 0 Å². The molecule has 0 aromatic carbocycles. The molecule has 1 aliphatic heterocycles. The van der Waals surface area contributed by atoms with Crippen LogP contribution in [-0.4, -0.2) is 23.9 Å². The maximum atomic E-state index is 10.8. The third-order valence-electron chi connectivity index (χ3n) is 1.30. The van der Waals surface area contributed by atoms with Gasteiger partial charge in [-0.15, -0.1) is 0 Å². The summed E-state index contributed by atoms with van der Waals surface area (Å²) < 4.78 is 0. The van der Waals surface area contributed by atoms with Gasteiger partial charge < -0.3 is 4.90 Å². The molecule has 0 saturated carbocycles. The maximum absolute atomic E-state index is 10.8. The molecule has 2 heteroatoms. The van der Waals surface area contributed by atoms with Crippen molar-refractivity contribution < 1.29 is 4.79 Å². The Morgan fingerprint density at radius 3 is 2.56 bits per heavy atom. The topological polar surface area (TPSA) is 20.3 Å². The molecule has 0 aromatic rings. The number of amides is 1. The molecule has 0 atom stereocenters. The third-order valence-corrected chi connectivity index (χ3v) is 1.30. The Morgan fingerprint density at radius 1 is 1.56 bits per heavy atom. The molecule has 0 fully saturated rings. The summed E-state index contributed by atoms with van der Waals surface area (Å²) in [5.74, 6) is 0.0139. The predicted molar refractivity (Wildman–Crippen MR) is 35.9 cm³/mol. The molecule has 0 saturated heterocycles. The Balaban J connectivity index is 2.45. The molecule has 0 aliphatic carbocycles. The lowest BCUT2D eigenvalue weighted by atomic mass is 10.5. The van der Waals surface area contributed by atoms with E-state index in [0.29, 0.717) is 0 Å². The molecule has 2 nitrogen and oxygen atoms in total. The van der Waals surface area contributed by atoms with Crippen molar-refractivity contribution in [3.8, 4) is 0 Å². The van der Waals surface area contributed by atoms with Gasteiger partial charge in [0.25, 0.3) is 0 Å². The minimum Gasteiger partial charge on any atom is -0.332 e. The molecule has 48 valence electrons. The average Bonchev–Trinajstić information content (AvgIpc) is 2.37. The highest BCUT2D eigenvalue weighted by atomic mass is 16.2. The molecule has 0 unspecified atom stereocenters. The first kappa shape index (κ1) is 6.08. The van der Waals surface area contributed by atoms with Crippen molar-refractivity contribution in [1.82, 2.24) is 4.90 Å². The molecule has 0 bridgehead atoms. The molecule has 9 heavy (non-hydrogen) atoms. The second-order valence-electron chi connectivity index (χ2n) is 1.92. The summed E-state index contributed by atoms with van der Waals surface area (Å²) in [6.45, 7) is 4.87. The first-order valence-electron chi connectivity index (χ1n) is 2.91. The monoisotopic (exact) mass is 123 g/mol. The molecular formula is C7H9NO. The zero-order valence-electron chi connectivity index (χ0n) is 5.21. The van der Waals surface area contributed by atoms with E-state index in [1.54, 1.807) is 4.90 Å². The van der Waals surface area contributed by atoms with Crippen molar-refractivity contribution in [3.63, 3.8) is 0 Å². The molecule has 0 spiro atoms. The molecule has 0 N–H and O–H groups in total. The number of carbonyl (C=O) groups excluding carboxylic acids is 1. The molecule has 0 aromatic heterocycles. The smallest absolute Gasteiger partial charge is 0.246 e. The van der Waals surface area contributed by atoms with Crippen LogP contribution in [0.3, 0.4) is 0 Å².